The summed E-state index contributed by atoms with van der Waals surface area (Å²) in [4.78, 5) is 43.5. The van der Waals surface area contributed by atoms with Crippen LogP contribution in [0.15, 0.2) is 15.9 Å². The Kier molecular flexibility index (Phi) is 5.76. The van der Waals surface area contributed by atoms with Crippen molar-refractivity contribution in [1.82, 2.24) is 23.6 Å². The highest BCUT2D eigenvalue weighted by molar-refractivity contribution is 5.76. The standard InChI is InChI=1S/C21H32N6O5/c1-20(31)12-21(6-9-26(10-7-21)15(28)5-4-8-22)32-11-14(20)27-13-23-17-16(27)18(29)25(3)19(30)24(17)2/h13-14,31H,4-12,22H2,1-3H3/t14-,20-/m1/s1. The van der Waals surface area contributed by atoms with Crippen LogP contribution < -0.4 is 17.0 Å². The maximum absolute atomic E-state index is 12.8. The maximum Gasteiger partial charge on any atom is 0.332 e. The zero-order valence-electron chi connectivity index (χ0n) is 18.9. The van der Waals surface area contributed by atoms with Crippen molar-refractivity contribution in [1.29, 1.82) is 0 Å². The van der Waals surface area contributed by atoms with Crippen LogP contribution in [0.25, 0.3) is 11.2 Å². The number of ether oxygens (including phenoxy) is 1. The molecule has 11 nitrogen and oxygen atoms in total. The number of imidazole rings is 1. The first-order valence-corrected chi connectivity index (χ1v) is 11.1. The molecule has 0 unspecified atom stereocenters. The van der Waals surface area contributed by atoms with Gasteiger partial charge in [-0.2, -0.15) is 0 Å². The highest BCUT2D eigenvalue weighted by atomic mass is 16.5. The monoisotopic (exact) mass is 448 g/mol. The number of carbonyl (C=O) groups is 1. The van der Waals surface area contributed by atoms with Crippen molar-refractivity contribution in [3.63, 3.8) is 0 Å². The Morgan fingerprint density at radius 3 is 2.59 bits per heavy atom. The fraction of sp³-hybridized carbons (Fsp3) is 0.714. The van der Waals surface area contributed by atoms with E-state index < -0.39 is 28.5 Å². The summed E-state index contributed by atoms with van der Waals surface area (Å²) in [5, 5.41) is 11.5. The number of likely N-dealkylation sites (tertiary alicyclic amines) is 1. The summed E-state index contributed by atoms with van der Waals surface area (Å²) in [6.45, 7) is 3.61. The largest absolute Gasteiger partial charge is 0.388 e. The van der Waals surface area contributed by atoms with E-state index in [1.54, 1.807) is 18.5 Å². The molecule has 2 aliphatic heterocycles. The van der Waals surface area contributed by atoms with Gasteiger partial charge in [-0.15, -0.1) is 0 Å². The molecule has 11 heteroatoms. The van der Waals surface area contributed by atoms with Crippen molar-refractivity contribution in [3.05, 3.63) is 27.2 Å². The van der Waals surface area contributed by atoms with E-state index >= 15 is 0 Å². The predicted octanol–water partition coefficient (Wildman–Crippen LogP) is -0.754. The van der Waals surface area contributed by atoms with Crippen molar-refractivity contribution >= 4 is 17.1 Å². The molecule has 3 N–H and O–H groups in total. The third-order valence-corrected chi connectivity index (χ3v) is 7.08. The predicted molar refractivity (Wildman–Crippen MR) is 117 cm³/mol. The second-order valence-corrected chi connectivity index (χ2v) is 9.35. The Balaban J connectivity index is 1.56. The normalized spacial score (nSPS) is 25.5. The minimum Gasteiger partial charge on any atom is -0.388 e. The lowest BCUT2D eigenvalue weighted by atomic mass is 9.75. The van der Waals surface area contributed by atoms with Crippen molar-refractivity contribution in [3.8, 4) is 0 Å². The second kappa shape index (κ2) is 8.13. The van der Waals surface area contributed by atoms with Crippen LogP contribution in [-0.4, -0.2) is 72.0 Å². The third kappa shape index (κ3) is 3.67. The van der Waals surface area contributed by atoms with Gasteiger partial charge in [0.15, 0.2) is 11.2 Å². The summed E-state index contributed by atoms with van der Waals surface area (Å²) in [5.74, 6) is 0.108. The van der Waals surface area contributed by atoms with Crippen LogP contribution in [0.2, 0.25) is 0 Å². The summed E-state index contributed by atoms with van der Waals surface area (Å²) in [6.07, 6.45) is 4.29. The number of nitrogens with two attached hydrogens (primary N) is 1. The lowest BCUT2D eigenvalue weighted by molar-refractivity contribution is -0.196. The van der Waals surface area contributed by atoms with Crippen LogP contribution >= 0.6 is 0 Å². The average molecular weight is 449 g/mol. The third-order valence-electron chi connectivity index (χ3n) is 7.08. The van der Waals surface area contributed by atoms with E-state index in [4.69, 9.17) is 10.5 Å². The number of aromatic nitrogens is 4. The summed E-state index contributed by atoms with van der Waals surface area (Å²) in [7, 11) is 2.99. The SMILES string of the molecule is Cn1c(=O)c2c(ncn2[C@@H]2COC3(CCN(C(=O)CCCN)CC3)C[C@@]2(C)O)n(C)c1=O. The number of hydrogen-bond acceptors (Lipinski definition) is 7. The molecule has 2 aliphatic rings. The van der Waals surface area contributed by atoms with Crippen LogP contribution in [0.1, 0.15) is 45.1 Å². The minimum absolute atomic E-state index is 0.108. The molecule has 4 heterocycles. The second-order valence-electron chi connectivity index (χ2n) is 9.35. The van der Waals surface area contributed by atoms with Gasteiger partial charge in [-0.05, 0) is 32.7 Å². The van der Waals surface area contributed by atoms with Crippen LogP contribution in [0.5, 0.6) is 0 Å². The highest BCUT2D eigenvalue weighted by Gasteiger charge is 2.50. The van der Waals surface area contributed by atoms with Crippen molar-refractivity contribution < 1.29 is 14.6 Å². The Bertz CT molecular complexity index is 1140. The molecule has 0 bridgehead atoms. The van der Waals surface area contributed by atoms with Gasteiger partial charge < -0.3 is 25.0 Å². The van der Waals surface area contributed by atoms with Crippen molar-refractivity contribution in [2.24, 2.45) is 19.8 Å². The Morgan fingerprint density at radius 1 is 1.28 bits per heavy atom. The zero-order valence-corrected chi connectivity index (χ0v) is 18.9. The molecule has 4 rings (SSSR count). The number of hydrogen-bond donors (Lipinski definition) is 2. The minimum atomic E-state index is -1.17. The molecule has 0 radical (unpaired) electrons. The first kappa shape index (κ1) is 22.7. The number of aryl methyl sites for hydroxylation is 1. The molecule has 0 saturated carbocycles. The molecule has 0 aromatic carbocycles. The van der Waals surface area contributed by atoms with Crippen LogP contribution in [0, 0.1) is 0 Å². The van der Waals surface area contributed by atoms with E-state index in [1.165, 1.54) is 17.9 Å². The number of nitrogens with zero attached hydrogens (tertiary/aromatic N) is 5. The fourth-order valence-corrected chi connectivity index (χ4v) is 5.13. The lowest BCUT2D eigenvalue weighted by Gasteiger charge is -2.51. The number of carbonyl (C=O) groups excluding carboxylic acids is 1. The molecule has 2 aromatic rings. The highest BCUT2D eigenvalue weighted by Crippen LogP contribution is 2.44. The quantitative estimate of drug-likeness (QED) is 0.627. The van der Waals surface area contributed by atoms with E-state index in [0.717, 1.165) is 4.57 Å². The van der Waals surface area contributed by atoms with Crippen LogP contribution in [-0.2, 0) is 23.6 Å². The zero-order chi connectivity index (χ0) is 23.3. The van der Waals surface area contributed by atoms with Gasteiger partial charge in [0.05, 0.1) is 30.2 Å². The summed E-state index contributed by atoms with van der Waals surface area (Å²) in [6, 6.07) is -0.535. The molecule has 1 amide bonds. The first-order valence-electron chi connectivity index (χ1n) is 11.1. The van der Waals surface area contributed by atoms with E-state index in [1.807, 2.05) is 4.90 Å². The summed E-state index contributed by atoms with van der Waals surface area (Å²) < 4.78 is 10.3. The van der Waals surface area contributed by atoms with Gasteiger partial charge >= 0.3 is 5.69 Å². The van der Waals surface area contributed by atoms with E-state index in [0.29, 0.717) is 51.7 Å². The average Bonchev–Trinajstić information content (AvgIpc) is 3.19. The number of amides is 1. The molecule has 176 valence electrons. The first-order chi connectivity index (χ1) is 15.1. The van der Waals surface area contributed by atoms with Crippen molar-refractivity contribution in [2.45, 2.75) is 56.3 Å². The molecule has 2 saturated heterocycles. The molecular weight excluding hydrogens is 416 g/mol. The molecule has 0 aliphatic carbocycles. The molecule has 2 atom stereocenters. The Labute approximate surface area is 185 Å². The molecule has 2 aromatic heterocycles. The van der Waals surface area contributed by atoms with Gasteiger partial charge in [-0.25, -0.2) is 9.78 Å². The smallest absolute Gasteiger partial charge is 0.332 e. The van der Waals surface area contributed by atoms with Crippen molar-refractivity contribution in [2.75, 3.05) is 26.2 Å². The van der Waals surface area contributed by atoms with Gasteiger partial charge in [-0.3, -0.25) is 18.7 Å². The van der Waals surface area contributed by atoms with E-state index in [-0.39, 0.29) is 23.7 Å². The molecule has 2 fully saturated rings. The summed E-state index contributed by atoms with van der Waals surface area (Å²) in [5.41, 5.74) is 3.45. The van der Waals surface area contributed by atoms with E-state index in [9.17, 15) is 19.5 Å². The molecular formula is C21H32N6O5. The van der Waals surface area contributed by atoms with Crippen LogP contribution in [0.4, 0.5) is 0 Å². The molecule has 32 heavy (non-hydrogen) atoms. The number of piperidine rings is 1. The molecule has 1 spiro atoms. The van der Waals surface area contributed by atoms with Gasteiger partial charge in [0, 0.05) is 40.0 Å². The number of rotatable bonds is 4. The fourth-order valence-electron chi connectivity index (χ4n) is 5.13. The van der Waals surface area contributed by atoms with Gasteiger partial charge in [0.25, 0.3) is 5.56 Å². The number of aliphatic hydroxyl groups is 1. The van der Waals surface area contributed by atoms with E-state index in [2.05, 4.69) is 4.98 Å². The summed E-state index contributed by atoms with van der Waals surface area (Å²) >= 11 is 0. The van der Waals surface area contributed by atoms with Gasteiger partial charge in [-0.1, -0.05) is 0 Å². The van der Waals surface area contributed by atoms with Gasteiger partial charge in [0.1, 0.15) is 0 Å². The topological polar surface area (TPSA) is 138 Å². The van der Waals surface area contributed by atoms with Gasteiger partial charge in [0.2, 0.25) is 5.91 Å². The van der Waals surface area contributed by atoms with Crippen LogP contribution in [0.3, 0.4) is 0 Å². The number of fused-ring (bicyclic) bond motifs is 1. The maximum atomic E-state index is 12.8. The Hall–Kier alpha value is -2.50. The Morgan fingerprint density at radius 2 is 1.97 bits per heavy atom. The lowest BCUT2D eigenvalue weighted by Crippen LogP contribution is -2.58.